The van der Waals surface area contributed by atoms with Gasteiger partial charge in [-0.05, 0) is 36.5 Å². The number of hydrogen-bond acceptors (Lipinski definition) is 3. The lowest BCUT2D eigenvalue weighted by Gasteiger charge is -2.29. The van der Waals surface area contributed by atoms with Crippen LogP contribution in [0.1, 0.15) is 38.2 Å². The van der Waals surface area contributed by atoms with E-state index in [0.29, 0.717) is 18.5 Å². The van der Waals surface area contributed by atoms with Gasteiger partial charge in [-0.25, -0.2) is 0 Å². The van der Waals surface area contributed by atoms with Gasteiger partial charge in [0.15, 0.2) is 18.0 Å². The Labute approximate surface area is 151 Å². The maximum atomic E-state index is 12.3. The molecule has 3 atom stereocenters. The second kappa shape index (κ2) is 9.66. The first kappa shape index (κ1) is 19.6. The maximum absolute atomic E-state index is 12.3. The highest BCUT2D eigenvalue weighted by atomic mass is 16.5. The van der Waals surface area contributed by atoms with E-state index in [1.807, 2.05) is 12.1 Å². The van der Waals surface area contributed by atoms with Gasteiger partial charge in [-0.2, -0.15) is 0 Å². The third-order valence-corrected chi connectivity index (χ3v) is 5.21. The molecule has 0 aliphatic heterocycles. The number of methoxy groups -OCH3 is 2. The van der Waals surface area contributed by atoms with Crippen LogP contribution in [0.4, 0.5) is 0 Å². The highest BCUT2D eigenvalue weighted by Gasteiger charge is 2.23. The number of carbonyl (C=O) groups excluding carboxylic acids is 1. The highest BCUT2D eigenvalue weighted by Crippen LogP contribution is 2.27. The Balaban J connectivity index is 1.78. The number of rotatable bonds is 8. The van der Waals surface area contributed by atoms with Crippen molar-refractivity contribution in [1.29, 1.82) is 0 Å². The van der Waals surface area contributed by atoms with Gasteiger partial charge >= 0.3 is 0 Å². The number of amides is 1. The number of ether oxygens (including phenoxy) is 2. The van der Waals surface area contributed by atoms with Gasteiger partial charge in [-0.15, -0.1) is 0 Å². The molecular formula is C20H33N2O3+. The lowest BCUT2D eigenvalue weighted by Crippen LogP contribution is -3.10. The summed E-state index contributed by atoms with van der Waals surface area (Å²) in [5, 5.41) is 3.23. The first-order valence-electron chi connectivity index (χ1n) is 9.35. The molecule has 5 nitrogen and oxygen atoms in total. The van der Waals surface area contributed by atoms with E-state index in [9.17, 15) is 4.79 Å². The second-order valence-corrected chi connectivity index (χ2v) is 7.26. The number of carbonyl (C=O) groups is 1. The summed E-state index contributed by atoms with van der Waals surface area (Å²) in [6.07, 6.45) is 5.78. The monoisotopic (exact) mass is 349 g/mol. The normalized spacial score (nSPS) is 21.4. The van der Waals surface area contributed by atoms with Crippen molar-refractivity contribution in [2.24, 2.45) is 5.92 Å². The smallest absolute Gasteiger partial charge is 0.275 e. The molecular weight excluding hydrogens is 316 g/mol. The molecule has 1 amide bonds. The van der Waals surface area contributed by atoms with Crippen molar-refractivity contribution < 1.29 is 19.2 Å². The standard InChI is InChI=1S/C20H32N2O3/c1-15-7-5-6-8-17(15)21-20(23)14-22(2)12-11-16-9-10-18(24-3)19(13-16)25-4/h9-10,13,15,17H,5-8,11-12,14H2,1-4H3,(H,21,23)/p+1/t15-,17-/m1/s1. The molecule has 1 aromatic rings. The number of quaternary nitrogens is 1. The lowest BCUT2D eigenvalue weighted by molar-refractivity contribution is -0.871. The summed E-state index contributed by atoms with van der Waals surface area (Å²) in [6.45, 7) is 3.68. The predicted octanol–water partition coefficient (Wildman–Crippen LogP) is 1.46. The summed E-state index contributed by atoms with van der Waals surface area (Å²) in [7, 11) is 5.36. The SMILES string of the molecule is COc1ccc(CC[NH+](C)CC(=O)N[C@@H]2CCCC[C@H]2C)cc1OC. The molecule has 0 heterocycles. The molecule has 0 spiro atoms. The Morgan fingerprint density at radius 1 is 1.20 bits per heavy atom. The van der Waals surface area contributed by atoms with Crippen LogP contribution in [0, 0.1) is 5.92 Å². The van der Waals surface area contributed by atoms with E-state index in [2.05, 4.69) is 25.4 Å². The largest absolute Gasteiger partial charge is 0.493 e. The predicted molar refractivity (Wildman–Crippen MR) is 99.4 cm³/mol. The van der Waals surface area contributed by atoms with Crippen LogP contribution in [0.3, 0.4) is 0 Å². The van der Waals surface area contributed by atoms with Crippen LogP contribution >= 0.6 is 0 Å². The molecule has 5 heteroatoms. The van der Waals surface area contributed by atoms with E-state index in [0.717, 1.165) is 30.9 Å². The van der Waals surface area contributed by atoms with E-state index in [4.69, 9.17) is 9.47 Å². The van der Waals surface area contributed by atoms with Crippen LogP contribution in [0.25, 0.3) is 0 Å². The summed E-state index contributed by atoms with van der Waals surface area (Å²) < 4.78 is 10.6. The van der Waals surface area contributed by atoms with Gasteiger partial charge in [0.25, 0.3) is 5.91 Å². The molecule has 140 valence electrons. The van der Waals surface area contributed by atoms with Crippen molar-refractivity contribution >= 4 is 5.91 Å². The first-order valence-corrected chi connectivity index (χ1v) is 9.35. The number of benzene rings is 1. The second-order valence-electron chi connectivity index (χ2n) is 7.26. The summed E-state index contributed by atoms with van der Waals surface area (Å²) in [4.78, 5) is 13.5. The lowest BCUT2D eigenvalue weighted by atomic mass is 9.86. The fraction of sp³-hybridized carbons (Fsp3) is 0.650. The average molecular weight is 349 g/mol. The number of likely N-dealkylation sites (N-methyl/N-ethyl adjacent to an activating group) is 1. The van der Waals surface area contributed by atoms with Gasteiger partial charge in [0, 0.05) is 12.5 Å². The maximum Gasteiger partial charge on any atom is 0.275 e. The topological polar surface area (TPSA) is 52.0 Å². The summed E-state index contributed by atoms with van der Waals surface area (Å²) >= 11 is 0. The minimum Gasteiger partial charge on any atom is -0.493 e. The first-order chi connectivity index (χ1) is 12.0. The Hall–Kier alpha value is -1.75. The van der Waals surface area contributed by atoms with E-state index in [-0.39, 0.29) is 5.91 Å². The summed E-state index contributed by atoms with van der Waals surface area (Å²) in [6, 6.07) is 6.36. The van der Waals surface area contributed by atoms with Gasteiger partial charge < -0.3 is 19.7 Å². The average Bonchev–Trinajstić information content (AvgIpc) is 2.61. The van der Waals surface area contributed by atoms with Crippen molar-refractivity contribution in [3.63, 3.8) is 0 Å². The third-order valence-electron chi connectivity index (χ3n) is 5.21. The molecule has 0 aromatic heterocycles. The zero-order valence-electron chi connectivity index (χ0n) is 16.1. The van der Waals surface area contributed by atoms with Crippen LogP contribution in [0.2, 0.25) is 0 Å². The Bertz CT molecular complexity index is 562. The van der Waals surface area contributed by atoms with Gasteiger partial charge in [0.1, 0.15) is 0 Å². The minimum atomic E-state index is 0.170. The number of hydrogen-bond donors (Lipinski definition) is 2. The van der Waals surface area contributed by atoms with Crippen molar-refractivity contribution in [2.45, 2.75) is 45.1 Å². The van der Waals surface area contributed by atoms with Crippen LogP contribution in [-0.2, 0) is 11.2 Å². The Morgan fingerprint density at radius 2 is 1.92 bits per heavy atom. The molecule has 0 bridgehead atoms. The van der Waals surface area contributed by atoms with Gasteiger partial charge in [-0.3, -0.25) is 4.79 Å². The minimum absolute atomic E-state index is 0.170. The molecule has 1 saturated carbocycles. The third kappa shape index (κ3) is 5.92. The highest BCUT2D eigenvalue weighted by molar-refractivity contribution is 5.77. The van der Waals surface area contributed by atoms with Crippen molar-refractivity contribution in [2.75, 3.05) is 34.4 Å². The number of nitrogens with one attached hydrogen (secondary N) is 2. The molecule has 1 aliphatic rings. The van der Waals surface area contributed by atoms with Gasteiger partial charge in [-0.1, -0.05) is 25.8 Å². The molecule has 1 aromatic carbocycles. The molecule has 2 rings (SSSR count). The summed E-state index contributed by atoms with van der Waals surface area (Å²) in [5.41, 5.74) is 1.19. The fourth-order valence-electron chi connectivity index (χ4n) is 3.54. The van der Waals surface area contributed by atoms with Crippen LogP contribution < -0.4 is 19.7 Å². The van der Waals surface area contributed by atoms with Crippen molar-refractivity contribution in [3.05, 3.63) is 23.8 Å². The van der Waals surface area contributed by atoms with Crippen LogP contribution in [-0.4, -0.2) is 46.3 Å². The van der Waals surface area contributed by atoms with E-state index in [1.165, 1.54) is 29.7 Å². The molecule has 0 radical (unpaired) electrons. The van der Waals surface area contributed by atoms with E-state index in [1.54, 1.807) is 14.2 Å². The Kier molecular flexibility index (Phi) is 7.56. The van der Waals surface area contributed by atoms with Gasteiger partial charge in [0.05, 0.1) is 27.8 Å². The zero-order chi connectivity index (χ0) is 18.2. The zero-order valence-corrected chi connectivity index (χ0v) is 16.1. The molecule has 1 unspecified atom stereocenters. The van der Waals surface area contributed by atoms with E-state index >= 15 is 0 Å². The van der Waals surface area contributed by atoms with Crippen LogP contribution in [0.15, 0.2) is 18.2 Å². The van der Waals surface area contributed by atoms with Crippen molar-refractivity contribution in [3.8, 4) is 11.5 Å². The quantitative estimate of drug-likeness (QED) is 0.747. The molecule has 1 fully saturated rings. The van der Waals surface area contributed by atoms with Crippen molar-refractivity contribution in [1.82, 2.24) is 5.32 Å². The molecule has 2 N–H and O–H groups in total. The molecule has 1 aliphatic carbocycles. The van der Waals surface area contributed by atoms with Crippen LogP contribution in [0.5, 0.6) is 11.5 Å². The Morgan fingerprint density at radius 3 is 2.60 bits per heavy atom. The molecule has 0 saturated heterocycles. The van der Waals surface area contributed by atoms with Gasteiger partial charge in [0.2, 0.25) is 0 Å². The molecule has 25 heavy (non-hydrogen) atoms. The fourth-order valence-corrected chi connectivity index (χ4v) is 3.54. The van der Waals surface area contributed by atoms with E-state index < -0.39 is 0 Å². The summed E-state index contributed by atoms with van der Waals surface area (Å²) in [5.74, 6) is 2.27.